The average Bonchev–Trinajstić information content (AvgIpc) is 2.32. The maximum atomic E-state index is 11.6. The number of hydrogen-bond donors (Lipinski definition) is 0. The normalized spacial score (nSPS) is 17.8. The number of carbonyl (C=O) groups is 1. The van der Waals surface area contributed by atoms with E-state index in [9.17, 15) is 4.79 Å². The molecule has 88 valence electrons. The van der Waals surface area contributed by atoms with E-state index in [4.69, 9.17) is 4.74 Å². The van der Waals surface area contributed by atoms with Gasteiger partial charge in [0.2, 0.25) is 5.78 Å². The molecule has 0 bridgehead atoms. The Morgan fingerprint density at radius 3 is 2.59 bits per heavy atom. The van der Waals surface area contributed by atoms with Gasteiger partial charge >= 0.3 is 0 Å². The third kappa shape index (κ3) is 3.06. The van der Waals surface area contributed by atoms with E-state index in [-0.39, 0.29) is 11.2 Å². The van der Waals surface area contributed by atoms with Crippen LogP contribution < -0.4 is 0 Å². The largest absolute Gasteiger partial charge is 0.485 e. The second-order valence-electron chi connectivity index (χ2n) is 4.80. The summed E-state index contributed by atoms with van der Waals surface area (Å²) in [5.41, 5.74) is 0.952. The van der Waals surface area contributed by atoms with Gasteiger partial charge in [-0.2, -0.15) is 0 Å². The van der Waals surface area contributed by atoms with Crippen molar-refractivity contribution in [2.75, 3.05) is 0 Å². The van der Waals surface area contributed by atoms with Gasteiger partial charge in [0.05, 0.1) is 0 Å². The molecular formula is C15H16O2. The van der Waals surface area contributed by atoms with Gasteiger partial charge < -0.3 is 4.74 Å². The van der Waals surface area contributed by atoms with Crippen molar-refractivity contribution in [1.29, 1.82) is 0 Å². The first kappa shape index (κ1) is 11.6. The molecule has 1 aliphatic carbocycles. The lowest BCUT2D eigenvalue weighted by Crippen LogP contribution is -2.16. The molecule has 2 nitrogen and oxygen atoms in total. The van der Waals surface area contributed by atoms with Crippen LogP contribution in [0.5, 0.6) is 0 Å². The summed E-state index contributed by atoms with van der Waals surface area (Å²) < 4.78 is 5.58. The van der Waals surface area contributed by atoms with Gasteiger partial charge in [-0.15, -0.1) is 0 Å². The average molecular weight is 228 g/mol. The lowest BCUT2D eigenvalue weighted by atomic mass is 9.88. The topological polar surface area (TPSA) is 26.3 Å². The van der Waals surface area contributed by atoms with Gasteiger partial charge in [0.1, 0.15) is 6.61 Å². The minimum Gasteiger partial charge on any atom is -0.485 e. The molecule has 0 fully saturated rings. The summed E-state index contributed by atoms with van der Waals surface area (Å²) in [6.45, 7) is 4.52. The molecule has 0 aliphatic heterocycles. The minimum atomic E-state index is -0.111. The molecule has 0 saturated heterocycles. The van der Waals surface area contributed by atoms with Gasteiger partial charge in [0.25, 0.3) is 0 Å². The zero-order valence-electron chi connectivity index (χ0n) is 10.1. The van der Waals surface area contributed by atoms with Crippen molar-refractivity contribution >= 4 is 5.78 Å². The van der Waals surface area contributed by atoms with Gasteiger partial charge in [-0.25, -0.2) is 0 Å². The van der Waals surface area contributed by atoms with E-state index >= 15 is 0 Å². The lowest BCUT2D eigenvalue weighted by Gasteiger charge is -2.21. The van der Waals surface area contributed by atoms with Crippen LogP contribution >= 0.6 is 0 Å². The van der Waals surface area contributed by atoms with E-state index in [0.717, 1.165) is 5.56 Å². The summed E-state index contributed by atoms with van der Waals surface area (Å²) in [7, 11) is 0. The molecule has 17 heavy (non-hydrogen) atoms. The third-order valence-corrected chi connectivity index (χ3v) is 2.65. The minimum absolute atomic E-state index is 0.0553. The van der Waals surface area contributed by atoms with Crippen LogP contribution in [0.1, 0.15) is 19.4 Å². The zero-order valence-corrected chi connectivity index (χ0v) is 10.1. The Kier molecular flexibility index (Phi) is 3.14. The van der Waals surface area contributed by atoms with Gasteiger partial charge in [0, 0.05) is 5.41 Å². The number of hydrogen-bond acceptors (Lipinski definition) is 2. The summed E-state index contributed by atoms with van der Waals surface area (Å²) in [5, 5.41) is 0. The number of benzene rings is 1. The van der Waals surface area contributed by atoms with Crippen LogP contribution in [0.25, 0.3) is 0 Å². The van der Waals surface area contributed by atoms with E-state index in [1.54, 1.807) is 6.08 Å². The fourth-order valence-electron chi connectivity index (χ4n) is 1.68. The first-order valence-electron chi connectivity index (χ1n) is 5.70. The molecule has 0 N–H and O–H groups in total. The van der Waals surface area contributed by atoms with Crippen LogP contribution in [0.15, 0.2) is 54.3 Å². The van der Waals surface area contributed by atoms with E-state index in [1.807, 2.05) is 56.3 Å². The quantitative estimate of drug-likeness (QED) is 0.793. The van der Waals surface area contributed by atoms with Crippen LogP contribution in [0.2, 0.25) is 0 Å². The highest BCUT2D eigenvalue weighted by Crippen LogP contribution is 2.26. The molecule has 0 unspecified atom stereocenters. The van der Waals surface area contributed by atoms with Gasteiger partial charge in [-0.05, 0) is 17.7 Å². The molecule has 0 heterocycles. The predicted molar refractivity (Wildman–Crippen MR) is 67.2 cm³/mol. The first-order chi connectivity index (χ1) is 8.07. The molecule has 1 aliphatic rings. The third-order valence-electron chi connectivity index (χ3n) is 2.65. The van der Waals surface area contributed by atoms with Crippen molar-refractivity contribution in [3.8, 4) is 0 Å². The summed E-state index contributed by atoms with van der Waals surface area (Å²) in [4.78, 5) is 11.6. The SMILES string of the molecule is CC1(C)C=CC(=O)C(OCc2ccccc2)=C1. The Labute approximate surface area is 102 Å². The monoisotopic (exact) mass is 228 g/mol. The smallest absolute Gasteiger partial charge is 0.219 e. The van der Waals surface area contributed by atoms with E-state index < -0.39 is 0 Å². The second-order valence-corrected chi connectivity index (χ2v) is 4.80. The number of allylic oxidation sites excluding steroid dienone is 3. The fraction of sp³-hybridized carbons (Fsp3) is 0.267. The Morgan fingerprint density at radius 2 is 1.88 bits per heavy atom. The predicted octanol–water partition coefficient (Wildman–Crippen LogP) is 3.25. The molecule has 2 heteroatoms. The first-order valence-corrected chi connectivity index (χ1v) is 5.70. The molecule has 2 rings (SSSR count). The number of ketones is 1. The van der Waals surface area contributed by atoms with E-state index in [0.29, 0.717) is 12.4 Å². The number of rotatable bonds is 3. The molecule has 0 radical (unpaired) electrons. The standard InChI is InChI=1S/C15H16O2/c1-15(2)9-8-13(16)14(10-15)17-11-12-6-4-3-5-7-12/h3-10H,11H2,1-2H3. The summed E-state index contributed by atoms with van der Waals surface area (Å²) >= 11 is 0. The second kappa shape index (κ2) is 4.58. The Morgan fingerprint density at radius 1 is 1.18 bits per heavy atom. The maximum absolute atomic E-state index is 11.6. The van der Waals surface area contributed by atoms with Crippen LogP contribution in [0.4, 0.5) is 0 Å². The Balaban J connectivity index is 2.04. The van der Waals surface area contributed by atoms with Crippen molar-refractivity contribution in [2.45, 2.75) is 20.5 Å². The van der Waals surface area contributed by atoms with Gasteiger partial charge in [-0.3, -0.25) is 4.79 Å². The van der Waals surface area contributed by atoms with Gasteiger partial charge in [-0.1, -0.05) is 50.3 Å². The lowest BCUT2D eigenvalue weighted by molar-refractivity contribution is -0.115. The highest BCUT2D eigenvalue weighted by atomic mass is 16.5. The number of carbonyl (C=O) groups excluding carboxylic acids is 1. The van der Waals surface area contributed by atoms with Crippen LogP contribution in [-0.4, -0.2) is 5.78 Å². The van der Waals surface area contributed by atoms with Crippen LogP contribution in [0, 0.1) is 5.41 Å². The van der Waals surface area contributed by atoms with E-state index in [1.165, 1.54) is 0 Å². The molecule has 0 amide bonds. The fourth-order valence-corrected chi connectivity index (χ4v) is 1.68. The van der Waals surface area contributed by atoms with Gasteiger partial charge in [0.15, 0.2) is 5.76 Å². The molecule has 1 aromatic carbocycles. The Bertz CT molecular complexity index is 467. The van der Waals surface area contributed by atoms with E-state index in [2.05, 4.69) is 0 Å². The van der Waals surface area contributed by atoms with Crippen LogP contribution in [0.3, 0.4) is 0 Å². The molecule has 0 saturated carbocycles. The summed E-state index contributed by atoms with van der Waals surface area (Å²) in [6.07, 6.45) is 5.35. The highest BCUT2D eigenvalue weighted by molar-refractivity contribution is 6.03. The van der Waals surface area contributed by atoms with Crippen molar-refractivity contribution in [2.24, 2.45) is 5.41 Å². The van der Waals surface area contributed by atoms with Crippen molar-refractivity contribution < 1.29 is 9.53 Å². The molecule has 0 spiro atoms. The zero-order chi connectivity index (χ0) is 12.3. The number of ether oxygens (including phenoxy) is 1. The van der Waals surface area contributed by atoms with Crippen molar-refractivity contribution in [1.82, 2.24) is 0 Å². The summed E-state index contributed by atoms with van der Waals surface area (Å²) in [5.74, 6) is 0.390. The molecule has 1 aromatic rings. The van der Waals surface area contributed by atoms with Crippen molar-refractivity contribution in [3.05, 3.63) is 59.9 Å². The summed E-state index contributed by atoms with van der Waals surface area (Å²) in [6, 6.07) is 9.84. The maximum Gasteiger partial charge on any atom is 0.219 e. The molecule has 0 atom stereocenters. The Hall–Kier alpha value is -1.83. The van der Waals surface area contributed by atoms with Crippen LogP contribution in [-0.2, 0) is 16.1 Å². The molecule has 0 aromatic heterocycles. The molecular weight excluding hydrogens is 212 g/mol. The van der Waals surface area contributed by atoms with Crippen molar-refractivity contribution in [3.63, 3.8) is 0 Å². The highest BCUT2D eigenvalue weighted by Gasteiger charge is 2.21.